The van der Waals surface area contributed by atoms with E-state index in [2.05, 4.69) is 20.3 Å². The van der Waals surface area contributed by atoms with E-state index in [1.165, 1.54) is 21.9 Å². The van der Waals surface area contributed by atoms with Crippen molar-refractivity contribution in [2.45, 2.75) is 26.8 Å². The second-order valence-corrected chi connectivity index (χ2v) is 7.51. The molecule has 1 amide bonds. The maximum absolute atomic E-state index is 12.8. The van der Waals surface area contributed by atoms with E-state index in [4.69, 9.17) is 0 Å². The standard InChI is InChI=1S/C21H19N5OS/c1-13-8-10-16(11-9-13)18-12-28-21(22-18)26-20(27)19(15(3)25-26)24-23-17-7-5-4-6-14(17)2/h4-12,19H,1-3H3. The second-order valence-electron chi connectivity index (χ2n) is 6.68. The molecule has 0 fully saturated rings. The fourth-order valence-electron chi connectivity index (χ4n) is 2.84. The first-order valence-corrected chi connectivity index (χ1v) is 9.79. The van der Waals surface area contributed by atoms with Gasteiger partial charge in [-0.25, -0.2) is 4.98 Å². The van der Waals surface area contributed by atoms with Gasteiger partial charge < -0.3 is 0 Å². The van der Waals surface area contributed by atoms with Crippen LogP contribution in [0.1, 0.15) is 18.1 Å². The van der Waals surface area contributed by atoms with E-state index in [1.54, 1.807) is 6.92 Å². The van der Waals surface area contributed by atoms with E-state index in [0.29, 0.717) is 10.8 Å². The van der Waals surface area contributed by atoms with Gasteiger partial charge in [-0.3, -0.25) is 4.79 Å². The Morgan fingerprint density at radius 1 is 1.04 bits per heavy atom. The monoisotopic (exact) mass is 389 g/mol. The number of carbonyl (C=O) groups excluding carboxylic acids is 1. The number of hydrogen-bond donors (Lipinski definition) is 0. The summed E-state index contributed by atoms with van der Waals surface area (Å²) in [5, 5.41) is 16.7. The lowest BCUT2D eigenvalue weighted by atomic mass is 10.1. The fourth-order valence-corrected chi connectivity index (χ4v) is 3.63. The Hall–Kier alpha value is -3.19. The zero-order valence-electron chi connectivity index (χ0n) is 15.8. The molecule has 2 aromatic carbocycles. The molecule has 0 radical (unpaired) electrons. The third kappa shape index (κ3) is 3.48. The summed E-state index contributed by atoms with van der Waals surface area (Å²) in [5.74, 6) is -0.236. The molecule has 0 spiro atoms. The number of azo groups is 1. The third-order valence-electron chi connectivity index (χ3n) is 4.51. The molecule has 1 atom stereocenters. The lowest BCUT2D eigenvalue weighted by Crippen LogP contribution is -2.29. The highest BCUT2D eigenvalue weighted by atomic mass is 32.1. The molecule has 140 valence electrons. The van der Waals surface area contributed by atoms with Gasteiger partial charge in [0.05, 0.1) is 17.1 Å². The Kier molecular flexibility index (Phi) is 4.83. The van der Waals surface area contributed by atoms with Gasteiger partial charge >= 0.3 is 0 Å². The average molecular weight is 389 g/mol. The summed E-state index contributed by atoms with van der Waals surface area (Å²) in [6.07, 6.45) is 0. The quantitative estimate of drug-likeness (QED) is 0.568. The van der Waals surface area contributed by atoms with Crippen LogP contribution in [-0.4, -0.2) is 22.6 Å². The smallest absolute Gasteiger partial charge is 0.269 e. The maximum atomic E-state index is 12.8. The van der Waals surface area contributed by atoms with Crippen molar-refractivity contribution in [2.24, 2.45) is 15.3 Å². The van der Waals surface area contributed by atoms with Gasteiger partial charge in [-0.1, -0.05) is 48.0 Å². The van der Waals surface area contributed by atoms with Crippen LogP contribution in [0, 0.1) is 13.8 Å². The number of aryl methyl sites for hydroxylation is 2. The topological polar surface area (TPSA) is 70.3 Å². The Bertz CT molecular complexity index is 1080. The van der Waals surface area contributed by atoms with Crippen LogP contribution in [-0.2, 0) is 4.79 Å². The van der Waals surface area contributed by atoms with Gasteiger partial charge in [-0.15, -0.1) is 11.3 Å². The van der Waals surface area contributed by atoms with Crippen LogP contribution in [0.5, 0.6) is 0 Å². The molecule has 4 rings (SSSR count). The van der Waals surface area contributed by atoms with E-state index in [1.807, 2.05) is 67.8 Å². The molecule has 6 nitrogen and oxygen atoms in total. The van der Waals surface area contributed by atoms with Gasteiger partial charge in [-0.05, 0) is 32.4 Å². The fraction of sp³-hybridized carbons (Fsp3) is 0.190. The zero-order chi connectivity index (χ0) is 19.7. The maximum Gasteiger partial charge on any atom is 0.282 e. The molecular formula is C21H19N5OS. The van der Waals surface area contributed by atoms with E-state index in [0.717, 1.165) is 22.5 Å². The number of anilines is 1. The largest absolute Gasteiger partial charge is 0.282 e. The minimum Gasteiger partial charge on any atom is -0.269 e. The number of hydrogen-bond acceptors (Lipinski definition) is 6. The van der Waals surface area contributed by atoms with Crippen molar-refractivity contribution in [3.63, 3.8) is 0 Å². The van der Waals surface area contributed by atoms with Crippen molar-refractivity contribution >= 4 is 33.8 Å². The first-order chi connectivity index (χ1) is 13.5. The number of nitrogens with zero attached hydrogens (tertiary/aromatic N) is 5. The molecule has 0 saturated carbocycles. The average Bonchev–Trinajstić information content (AvgIpc) is 3.27. The molecule has 0 aliphatic carbocycles. The molecule has 1 aliphatic rings. The van der Waals surface area contributed by atoms with Gasteiger partial charge in [0.15, 0.2) is 6.04 Å². The predicted molar refractivity (Wildman–Crippen MR) is 112 cm³/mol. The SMILES string of the molecule is CC1=NN(c2nc(-c3ccc(C)cc3)cs2)C(=O)C1N=Nc1ccccc1C. The Morgan fingerprint density at radius 2 is 1.79 bits per heavy atom. The highest BCUT2D eigenvalue weighted by Crippen LogP contribution is 2.31. The van der Waals surface area contributed by atoms with Crippen molar-refractivity contribution < 1.29 is 4.79 Å². The summed E-state index contributed by atoms with van der Waals surface area (Å²) in [6, 6.07) is 15.1. The predicted octanol–water partition coefficient (Wildman–Crippen LogP) is 5.30. The van der Waals surface area contributed by atoms with E-state index in [9.17, 15) is 4.79 Å². The molecule has 7 heteroatoms. The molecule has 0 bridgehead atoms. The summed E-state index contributed by atoms with van der Waals surface area (Å²) in [7, 11) is 0. The number of aromatic nitrogens is 1. The number of rotatable bonds is 4. The van der Waals surface area contributed by atoms with Crippen molar-refractivity contribution in [1.29, 1.82) is 0 Å². The van der Waals surface area contributed by atoms with Gasteiger partial charge in [0.25, 0.3) is 5.91 Å². The molecule has 1 aliphatic heterocycles. The van der Waals surface area contributed by atoms with Crippen LogP contribution in [0.3, 0.4) is 0 Å². The Balaban J connectivity index is 1.55. The molecule has 1 aromatic heterocycles. The van der Waals surface area contributed by atoms with E-state index >= 15 is 0 Å². The lowest BCUT2D eigenvalue weighted by Gasteiger charge is -2.08. The molecule has 0 saturated heterocycles. The number of carbonyl (C=O) groups is 1. The van der Waals surface area contributed by atoms with Crippen molar-refractivity contribution in [2.75, 3.05) is 5.01 Å². The number of benzene rings is 2. The van der Waals surface area contributed by atoms with E-state index in [-0.39, 0.29) is 5.91 Å². The zero-order valence-corrected chi connectivity index (χ0v) is 16.6. The first kappa shape index (κ1) is 18.2. The minimum atomic E-state index is -0.716. The van der Waals surface area contributed by atoms with Crippen LogP contribution >= 0.6 is 11.3 Å². The third-order valence-corrected chi connectivity index (χ3v) is 5.33. The van der Waals surface area contributed by atoms with Crippen LogP contribution in [0.4, 0.5) is 10.8 Å². The summed E-state index contributed by atoms with van der Waals surface area (Å²) in [4.78, 5) is 17.4. The number of amides is 1. The van der Waals surface area contributed by atoms with Crippen LogP contribution in [0.15, 0.2) is 69.2 Å². The Labute approximate surface area is 167 Å². The van der Waals surface area contributed by atoms with Gasteiger partial charge in [0.2, 0.25) is 5.13 Å². The normalized spacial score (nSPS) is 16.8. The van der Waals surface area contributed by atoms with Crippen LogP contribution in [0.25, 0.3) is 11.3 Å². The number of thiazole rings is 1. The van der Waals surface area contributed by atoms with Crippen LogP contribution in [0.2, 0.25) is 0 Å². The van der Waals surface area contributed by atoms with Crippen molar-refractivity contribution in [3.05, 3.63) is 65.0 Å². The van der Waals surface area contributed by atoms with Crippen molar-refractivity contribution in [1.82, 2.24) is 4.98 Å². The highest BCUT2D eigenvalue weighted by Gasteiger charge is 2.36. The van der Waals surface area contributed by atoms with Gasteiger partial charge in [0.1, 0.15) is 0 Å². The second kappa shape index (κ2) is 7.44. The Morgan fingerprint density at radius 3 is 2.54 bits per heavy atom. The first-order valence-electron chi connectivity index (χ1n) is 8.91. The van der Waals surface area contributed by atoms with Gasteiger partial charge in [0, 0.05) is 10.9 Å². The molecule has 3 aromatic rings. The van der Waals surface area contributed by atoms with Crippen molar-refractivity contribution in [3.8, 4) is 11.3 Å². The minimum absolute atomic E-state index is 0.236. The van der Waals surface area contributed by atoms with Gasteiger partial charge in [-0.2, -0.15) is 20.3 Å². The summed E-state index contributed by atoms with van der Waals surface area (Å²) >= 11 is 1.39. The van der Waals surface area contributed by atoms with E-state index < -0.39 is 6.04 Å². The number of hydrazone groups is 1. The molecule has 28 heavy (non-hydrogen) atoms. The summed E-state index contributed by atoms with van der Waals surface area (Å²) in [6.45, 7) is 5.79. The highest BCUT2D eigenvalue weighted by molar-refractivity contribution is 7.14. The molecule has 0 N–H and O–H groups in total. The van der Waals surface area contributed by atoms with Crippen LogP contribution < -0.4 is 5.01 Å². The summed E-state index contributed by atoms with van der Waals surface area (Å²) in [5.41, 5.74) is 5.38. The lowest BCUT2D eigenvalue weighted by molar-refractivity contribution is -0.117. The molecule has 1 unspecified atom stereocenters. The molecular weight excluding hydrogens is 370 g/mol. The summed E-state index contributed by atoms with van der Waals surface area (Å²) < 4.78 is 0. The molecule has 2 heterocycles.